The van der Waals surface area contributed by atoms with Crippen LogP contribution < -0.4 is 4.74 Å². The molecule has 0 aromatic carbocycles. The number of aryl methyl sites for hydroxylation is 2. The second-order valence-electron chi connectivity index (χ2n) is 6.51. The number of likely N-dealkylation sites (tertiary alicyclic amines) is 1. The van der Waals surface area contributed by atoms with Crippen LogP contribution in [-0.2, 0) is 20.8 Å². The molecule has 0 aliphatic carbocycles. The Morgan fingerprint density at radius 1 is 1.18 bits per heavy atom. The topological polar surface area (TPSA) is 157 Å². The number of carboxylic acids is 3. The van der Waals surface area contributed by atoms with Crippen molar-refractivity contribution in [3.8, 4) is 5.75 Å². The van der Waals surface area contributed by atoms with Crippen molar-refractivity contribution in [2.45, 2.75) is 45.1 Å². The Morgan fingerprint density at radius 3 is 2.11 bits per heavy atom. The predicted molar refractivity (Wildman–Crippen MR) is 97.1 cm³/mol. The van der Waals surface area contributed by atoms with Crippen molar-refractivity contribution in [2.75, 3.05) is 19.8 Å². The number of carboxylic acid groups (broad SMARTS) is 3. The van der Waals surface area contributed by atoms with Crippen molar-refractivity contribution in [1.29, 1.82) is 0 Å². The Hall–Kier alpha value is -2.72. The lowest BCUT2D eigenvalue weighted by Crippen LogP contribution is -2.42. The monoisotopic (exact) mass is 398 g/mol. The quantitative estimate of drug-likeness (QED) is 0.467. The Balaban J connectivity index is 0.000000284. The van der Waals surface area contributed by atoms with Crippen LogP contribution >= 0.6 is 0 Å². The highest BCUT2D eigenvalue weighted by Gasteiger charge is 2.40. The highest BCUT2D eigenvalue weighted by atomic mass is 16.5. The normalized spacial score (nSPS) is 13.7. The number of aliphatic carboxylic acids is 3. The first-order valence-electron chi connectivity index (χ1n) is 8.77. The van der Waals surface area contributed by atoms with Gasteiger partial charge in [-0.15, -0.1) is 0 Å². The predicted octanol–water partition coefficient (Wildman–Crippen LogP) is 0.746. The van der Waals surface area contributed by atoms with E-state index in [1.165, 1.54) is 25.1 Å². The van der Waals surface area contributed by atoms with E-state index in [4.69, 9.17) is 25.2 Å². The SMILES string of the molecule is CCc1ncc(OCN2CCC2)cc1C.O=C(O)CC(O)(CC(=O)O)C(=O)O. The summed E-state index contributed by atoms with van der Waals surface area (Å²) in [5.41, 5.74) is -0.359. The first-order chi connectivity index (χ1) is 13.1. The Labute approximate surface area is 162 Å². The standard InChI is InChI=1S/C12H18N2O.C6H8O7/c1-3-12-10(2)7-11(8-13-12)15-9-14-5-4-6-14;7-3(8)1-6(13,5(11)12)2-4(9)10/h7-8H,3-6,9H2,1-2H3;13H,1-2H2,(H,7,8)(H,9,10)(H,11,12). The number of rotatable bonds is 9. The van der Waals surface area contributed by atoms with Crippen LogP contribution in [0.1, 0.15) is 37.4 Å². The van der Waals surface area contributed by atoms with E-state index in [1.54, 1.807) is 0 Å². The molecule has 10 heteroatoms. The zero-order valence-electron chi connectivity index (χ0n) is 15.9. The molecule has 2 heterocycles. The fraction of sp³-hybridized carbons (Fsp3) is 0.556. The van der Waals surface area contributed by atoms with Gasteiger partial charge in [-0.2, -0.15) is 0 Å². The Bertz CT molecular complexity index is 687. The van der Waals surface area contributed by atoms with Gasteiger partial charge in [-0.3, -0.25) is 19.5 Å². The van der Waals surface area contributed by atoms with Crippen LogP contribution in [0.15, 0.2) is 12.3 Å². The fourth-order valence-corrected chi connectivity index (χ4v) is 2.42. The van der Waals surface area contributed by atoms with E-state index in [2.05, 4.69) is 29.8 Å². The van der Waals surface area contributed by atoms with E-state index in [-0.39, 0.29) is 0 Å². The van der Waals surface area contributed by atoms with Gasteiger partial charge in [0.1, 0.15) is 12.5 Å². The Kier molecular flexibility index (Phi) is 8.80. The third kappa shape index (κ3) is 7.49. The summed E-state index contributed by atoms with van der Waals surface area (Å²) < 4.78 is 5.65. The maximum atomic E-state index is 10.3. The summed E-state index contributed by atoms with van der Waals surface area (Å²) in [6.07, 6.45) is 1.82. The summed E-state index contributed by atoms with van der Waals surface area (Å²) in [7, 11) is 0. The summed E-state index contributed by atoms with van der Waals surface area (Å²) in [5.74, 6) is -4.13. The van der Waals surface area contributed by atoms with Gasteiger partial charge in [0.2, 0.25) is 0 Å². The number of aromatic nitrogens is 1. The van der Waals surface area contributed by atoms with E-state index < -0.39 is 36.4 Å². The molecular formula is C18H26N2O8. The van der Waals surface area contributed by atoms with Gasteiger partial charge in [-0.05, 0) is 31.4 Å². The van der Waals surface area contributed by atoms with Crippen molar-refractivity contribution in [3.05, 3.63) is 23.5 Å². The van der Waals surface area contributed by atoms with Gasteiger partial charge in [-0.25, -0.2) is 4.79 Å². The summed E-state index contributed by atoms with van der Waals surface area (Å²) in [5, 5.41) is 33.8. The molecule has 0 radical (unpaired) electrons. The molecule has 1 fully saturated rings. The van der Waals surface area contributed by atoms with Crippen LogP contribution in [-0.4, -0.2) is 73.6 Å². The number of aliphatic hydroxyl groups is 1. The molecular weight excluding hydrogens is 372 g/mol. The maximum Gasteiger partial charge on any atom is 0.336 e. The molecule has 10 nitrogen and oxygen atoms in total. The minimum atomic E-state index is -2.74. The molecule has 0 spiro atoms. The van der Waals surface area contributed by atoms with E-state index in [9.17, 15) is 14.4 Å². The molecule has 0 saturated carbocycles. The van der Waals surface area contributed by atoms with Crippen molar-refractivity contribution in [2.24, 2.45) is 0 Å². The van der Waals surface area contributed by atoms with Gasteiger partial charge in [0.15, 0.2) is 5.60 Å². The van der Waals surface area contributed by atoms with Gasteiger partial charge >= 0.3 is 17.9 Å². The number of hydrogen-bond acceptors (Lipinski definition) is 7. The molecule has 28 heavy (non-hydrogen) atoms. The molecule has 0 atom stereocenters. The zero-order chi connectivity index (χ0) is 21.3. The van der Waals surface area contributed by atoms with Gasteiger partial charge in [0, 0.05) is 18.8 Å². The number of pyridine rings is 1. The van der Waals surface area contributed by atoms with Crippen LogP contribution in [0.4, 0.5) is 0 Å². The fourth-order valence-electron chi connectivity index (χ4n) is 2.42. The molecule has 156 valence electrons. The van der Waals surface area contributed by atoms with E-state index >= 15 is 0 Å². The minimum absolute atomic E-state index is 0.701. The molecule has 2 rings (SSSR count). The summed E-state index contributed by atoms with van der Waals surface area (Å²) in [6.45, 7) is 7.24. The summed E-state index contributed by atoms with van der Waals surface area (Å²) in [6, 6.07) is 2.08. The van der Waals surface area contributed by atoms with Crippen LogP contribution in [0.5, 0.6) is 5.75 Å². The second kappa shape index (κ2) is 10.6. The number of ether oxygens (including phenoxy) is 1. The average molecular weight is 398 g/mol. The molecule has 1 aliphatic heterocycles. The Morgan fingerprint density at radius 2 is 1.75 bits per heavy atom. The lowest BCUT2D eigenvalue weighted by Gasteiger charge is -2.30. The molecule has 1 aliphatic rings. The number of carbonyl (C=O) groups is 3. The molecule has 1 aromatic heterocycles. The lowest BCUT2D eigenvalue weighted by molar-refractivity contribution is -0.170. The maximum absolute atomic E-state index is 10.3. The third-order valence-electron chi connectivity index (χ3n) is 4.14. The van der Waals surface area contributed by atoms with Crippen molar-refractivity contribution < 1.29 is 39.5 Å². The van der Waals surface area contributed by atoms with E-state index in [0.29, 0.717) is 6.73 Å². The highest BCUT2D eigenvalue weighted by Crippen LogP contribution is 2.16. The smallest absolute Gasteiger partial charge is 0.336 e. The van der Waals surface area contributed by atoms with Crippen LogP contribution in [0, 0.1) is 6.92 Å². The lowest BCUT2D eigenvalue weighted by atomic mass is 9.96. The molecule has 1 saturated heterocycles. The molecule has 0 amide bonds. The summed E-state index contributed by atoms with van der Waals surface area (Å²) >= 11 is 0. The van der Waals surface area contributed by atoms with Crippen LogP contribution in [0.25, 0.3) is 0 Å². The van der Waals surface area contributed by atoms with E-state index in [0.717, 1.165) is 17.9 Å². The zero-order valence-corrected chi connectivity index (χ0v) is 15.9. The van der Waals surface area contributed by atoms with E-state index in [1.807, 2.05) is 6.20 Å². The van der Waals surface area contributed by atoms with Gasteiger partial charge in [0.25, 0.3) is 0 Å². The highest BCUT2D eigenvalue weighted by molar-refractivity contribution is 5.88. The second-order valence-corrected chi connectivity index (χ2v) is 6.51. The molecule has 4 N–H and O–H groups in total. The number of nitrogens with zero attached hydrogens (tertiary/aromatic N) is 2. The van der Waals surface area contributed by atoms with Gasteiger partial charge < -0.3 is 25.2 Å². The average Bonchev–Trinajstić information content (AvgIpc) is 2.52. The molecule has 0 bridgehead atoms. The van der Waals surface area contributed by atoms with Crippen molar-refractivity contribution in [1.82, 2.24) is 9.88 Å². The number of hydrogen-bond donors (Lipinski definition) is 4. The summed E-state index contributed by atoms with van der Waals surface area (Å²) in [4.78, 5) is 37.1. The minimum Gasteiger partial charge on any atom is -0.481 e. The third-order valence-corrected chi connectivity index (χ3v) is 4.14. The van der Waals surface area contributed by atoms with Crippen molar-refractivity contribution in [3.63, 3.8) is 0 Å². The van der Waals surface area contributed by atoms with Crippen molar-refractivity contribution >= 4 is 17.9 Å². The van der Waals surface area contributed by atoms with Crippen LogP contribution in [0.3, 0.4) is 0 Å². The largest absolute Gasteiger partial charge is 0.481 e. The first kappa shape index (κ1) is 23.3. The molecule has 1 aromatic rings. The first-order valence-corrected chi connectivity index (χ1v) is 8.77. The van der Waals surface area contributed by atoms with Gasteiger partial charge in [-0.1, -0.05) is 6.92 Å². The van der Waals surface area contributed by atoms with Gasteiger partial charge in [0.05, 0.1) is 19.0 Å². The van der Waals surface area contributed by atoms with Crippen LogP contribution in [0.2, 0.25) is 0 Å². The molecule has 0 unspecified atom stereocenters.